The van der Waals surface area contributed by atoms with Gasteiger partial charge in [0.1, 0.15) is 16.0 Å². The molecule has 0 N–H and O–H groups in total. The van der Waals surface area contributed by atoms with Crippen LogP contribution in [0.25, 0.3) is 0 Å². The fraction of sp³-hybridized carbons (Fsp3) is 0.375. The van der Waals surface area contributed by atoms with Crippen LogP contribution in [0.15, 0.2) is 22.7 Å². The quantitative estimate of drug-likeness (QED) is 0.747. The SMILES string of the molecule is COc1ccc(Br)cc1C1SCCN1C(=O)c1sc(C)nc1C. The van der Waals surface area contributed by atoms with Crippen LogP contribution in [0.1, 0.15) is 31.3 Å². The topological polar surface area (TPSA) is 42.4 Å². The van der Waals surface area contributed by atoms with Gasteiger partial charge in [-0.2, -0.15) is 0 Å². The van der Waals surface area contributed by atoms with Gasteiger partial charge >= 0.3 is 0 Å². The highest BCUT2D eigenvalue weighted by Crippen LogP contribution is 2.43. The summed E-state index contributed by atoms with van der Waals surface area (Å²) < 4.78 is 6.48. The average Bonchev–Trinajstić information content (AvgIpc) is 3.13. The number of nitrogens with zero attached hydrogens (tertiary/aromatic N) is 2. The van der Waals surface area contributed by atoms with Crippen LogP contribution in [-0.2, 0) is 0 Å². The molecule has 2 aromatic rings. The van der Waals surface area contributed by atoms with Crippen molar-refractivity contribution in [3.05, 3.63) is 43.8 Å². The third kappa shape index (κ3) is 3.27. The predicted octanol–water partition coefficient (Wildman–Crippen LogP) is 4.42. The molecule has 3 rings (SSSR count). The maximum Gasteiger partial charge on any atom is 0.267 e. The zero-order chi connectivity index (χ0) is 16.6. The van der Waals surface area contributed by atoms with Crippen LogP contribution in [0.3, 0.4) is 0 Å². The fourth-order valence-electron chi connectivity index (χ4n) is 2.69. The molecule has 0 radical (unpaired) electrons. The molecule has 0 spiro atoms. The molecule has 1 aromatic heterocycles. The number of amides is 1. The van der Waals surface area contributed by atoms with E-state index in [4.69, 9.17) is 4.74 Å². The number of carbonyl (C=O) groups is 1. The van der Waals surface area contributed by atoms with Crippen LogP contribution >= 0.6 is 39.0 Å². The summed E-state index contributed by atoms with van der Waals surface area (Å²) in [6.07, 6.45) is 0. The first-order chi connectivity index (χ1) is 11.0. The summed E-state index contributed by atoms with van der Waals surface area (Å²) in [4.78, 5) is 20.0. The molecule has 23 heavy (non-hydrogen) atoms. The monoisotopic (exact) mass is 412 g/mol. The number of hydrogen-bond acceptors (Lipinski definition) is 5. The molecule has 1 saturated heterocycles. The van der Waals surface area contributed by atoms with Crippen molar-refractivity contribution in [1.29, 1.82) is 0 Å². The lowest BCUT2D eigenvalue weighted by atomic mass is 10.1. The minimum atomic E-state index is -0.0308. The molecule has 1 fully saturated rings. The van der Waals surface area contributed by atoms with Gasteiger partial charge in [0.2, 0.25) is 0 Å². The second-order valence-electron chi connectivity index (χ2n) is 5.26. The van der Waals surface area contributed by atoms with E-state index >= 15 is 0 Å². The Morgan fingerprint density at radius 3 is 2.87 bits per heavy atom. The molecule has 4 nitrogen and oxygen atoms in total. The Morgan fingerprint density at radius 1 is 1.43 bits per heavy atom. The zero-order valence-corrected chi connectivity index (χ0v) is 16.3. The lowest BCUT2D eigenvalue weighted by Crippen LogP contribution is -2.30. The van der Waals surface area contributed by atoms with Crippen molar-refractivity contribution in [2.24, 2.45) is 0 Å². The smallest absolute Gasteiger partial charge is 0.267 e. The minimum absolute atomic E-state index is 0.0308. The molecule has 0 saturated carbocycles. The number of rotatable bonds is 3. The van der Waals surface area contributed by atoms with Crippen molar-refractivity contribution in [3.8, 4) is 5.75 Å². The maximum atomic E-state index is 13.0. The van der Waals surface area contributed by atoms with Crippen LogP contribution < -0.4 is 4.74 Å². The first kappa shape index (κ1) is 16.8. The molecule has 2 heterocycles. The fourth-order valence-corrected chi connectivity index (χ4v) is 5.22. The van der Waals surface area contributed by atoms with Gasteiger partial charge in [0.05, 0.1) is 17.8 Å². The maximum absolute atomic E-state index is 13.0. The van der Waals surface area contributed by atoms with Crippen LogP contribution in [-0.4, -0.2) is 35.2 Å². The lowest BCUT2D eigenvalue weighted by Gasteiger charge is -2.25. The van der Waals surface area contributed by atoms with Crippen LogP contribution in [0.4, 0.5) is 0 Å². The minimum Gasteiger partial charge on any atom is -0.496 e. The molecule has 1 amide bonds. The second kappa shape index (κ2) is 6.83. The molecule has 1 atom stereocenters. The number of aryl methyl sites for hydroxylation is 2. The van der Waals surface area contributed by atoms with E-state index in [2.05, 4.69) is 20.9 Å². The summed E-state index contributed by atoms with van der Waals surface area (Å²) in [5.74, 6) is 1.79. The van der Waals surface area contributed by atoms with Crippen molar-refractivity contribution in [3.63, 3.8) is 0 Å². The Bertz CT molecular complexity index is 748. The predicted molar refractivity (Wildman–Crippen MR) is 98.5 cm³/mol. The van der Waals surface area contributed by atoms with Crippen molar-refractivity contribution in [1.82, 2.24) is 9.88 Å². The summed E-state index contributed by atoms with van der Waals surface area (Å²) in [5.41, 5.74) is 1.84. The van der Waals surface area contributed by atoms with E-state index < -0.39 is 0 Å². The van der Waals surface area contributed by atoms with Gasteiger partial charge in [-0.15, -0.1) is 23.1 Å². The number of halogens is 1. The van der Waals surface area contributed by atoms with Gasteiger partial charge in [-0.25, -0.2) is 4.98 Å². The first-order valence-electron chi connectivity index (χ1n) is 7.21. The second-order valence-corrected chi connectivity index (χ2v) is 8.56. The van der Waals surface area contributed by atoms with Gasteiger partial charge in [0, 0.05) is 22.3 Å². The number of carbonyl (C=O) groups excluding carboxylic acids is 1. The van der Waals surface area contributed by atoms with Crippen LogP contribution in [0, 0.1) is 13.8 Å². The van der Waals surface area contributed by atoms with Crippen LogP contribution in [0.5, 0.6) is 5.75 Å². The Labute approximate surface area is 152 Å². The molecule has 1 aliphatic rings. The molecule has 1 aliphatic heterocycles. The van der Waals surface area contributed by atoms with E-state index in [9.17, 15) is 4.79 Å². The summed E-state index contributed by atoms with van der Waals surface area (Å²) in [5, 5.41) is 0.894. The van der Waals surface area contributed by atoms with Crippen molar-refractivity contribution in [2.45, 2.75) is 19.2 Å². The zero-order valence-electron chi connectivity index (χ0n) is 13.1. The Kier molecular flexibility index (Phi) is 4.98. The van der Waals surface area contributed by atoms with E-state index in [0.717, 1.165) is 43.7 Å². The Morgan fingerprint density at radius 2 is 2.22 bits per heavy atom. The summed E-state index contributed by atoms with van der Waals surface area (Å²) in [6.45, 7) is 4.57. The Hall–Kier alpha value is -1.05. The van der Waals surface area contributed by atoms with Gasteiger partial charge in [-0.05, 0) is 32.0 Å². The van der Waals surface area contributed by atoms with Gasteiger partial charge < -0.3 is 9.64 Å². The van der Waals surface area contributed by atoms with E-state index in [0.29, 0.717) is 0 Å². The largest absolute Gasteiger partial charge is 0.496 e. The van der Waals surface area contributed by atoms with Gasteiger partial charge in [-0.1, -0.05) is 15.9 Å². The molecule has 0 aliphatic carbocycles. The molecule has 0 bridgehead atoms. The summed E-state index contributed by atoms with van der Waals surface area (Å²) >= 11 is 6.75. The summed E-state index contributed by atoms with van der Waals surface area (Å²) in [7, 11) is 1.66. The number of thiazole rings is 1. The molecule has 1 unspecified atom stereocenters. The van der Waals surface area contributed by atoms with E-state index in [-0.39, 0.29) is 11.3 Å². The summed E-state index contributed by atoms with van der Waals surface area (Å²) in [6, 6.07) is 5.92. The van der Waals surface area contributed by atoms with E-state index in [1.54, 1.807) is 18.9 Å². The number of hydrogen-bond donors (Lipinski definition) is 0. The molecule has 7 heteroatoms. The molecule has 122 valence electrons. The van der Waals surface area contributed by atoms with E-state index in [1.165, 1.54) is 11.3 Å². The first-order valence-corrected chi connectivity index (χ1v) is 9.87. The van der Waals surface area contributed by atoms with Gasteiger partial charge in [0.25, 0.3) is 5.91 Å². The molecular weight excluding hydrogens is 396 g/mol. The normalized spacial score (nSPS) is 17.6. The van der Waals surface area contributed by atoms with Gasteiger partial charge in [-0.3, -0.25) is 4.79 Å². The third-order valence-corrected chi connectivity index (χ3v) is 6.50. The van der Waals surface area contributed by atoms with Gasteiger partial charge in [0.15, 0.2) is 0 Å². The number of methoxy groups -OCH3 is 1. The average molecular weight is 413 g/mol. The highest BCUT2D eigenvalue weighted by Gasteiger charge is 2.34. The number of aromatic nitrogens is 1. The molecular formula is C16H17BrN2O2S2. The number of benzene rings is 1. The highest BCUT2D eigenvalue weighted by molar-refractivity contribution is 9.10. The number of ether oxygens (including phenoxy) is 1. The lowest BCUT2D eigenvalue weighted by molar-refractivity contribution is 0.0763. The van der Waals surface area contributed by atoms with Crippen LogP contribution in [0.2, 0.25) is 0 Å². The molecule has 1 aromatic carbocycles. The van der Waals surface area contributed by atoms with Crippen molar-refractivity contribution >= 4 is 44.9 Å². The highest BCUT2D eigenvalue weighted by atomic mass is 79.9. The Balaban J connectivity index is 1.96. The standard InChI is InChI=1S/C16H17BrN2O2S2/c1-9-14(23-10(2)18-9)15(20)19-6-7-22-16(19)12-8-11(17)4-5-13(12)21-3/h4-5,8,16H,6-7H2,1-3H3. The van der Waals surface area contributed by atoms with Crippen molar-refractivity contribution < 1.29 is 9.53 Å². The van der Waals surface area contributed by atoms with E-state index in [1.807, 2.05) is 36.9 Å². The third-order valence-electron chi connectivity index (χ3n) is 3.71. The van der Waals surface area contributed by atoms with Crippen molar-refractivity contribution in [2.75, 3.05) is 19.4 Å². The number of thioether (sulfide) groups is 1.